The minimum absolute atomic E-state index is 0.0252. The number of ketones is 1. The van der Waals surface area contributed by atoms with Gasteiger partial charge in [0.05, 0.1) is 5.69 Å². The van der Waals surface area contributed by atoms with E-state index in [-0.39, 0.29) is 5.78 Å². The van der Waals surface area contributed by atoms with Gasteiger partial charge in [-0.1, -0.05) is 17.8 Å². The molecule has 0 aliphatic rings. The van der Waals surface area contributed by atoms with E-state index in [0.717, 1.165) is 30.1 Å². The lowest BCUT2D eigenvalue weighted by molar-refractivity contribution is 0.103. The van der Waals surface area contributed by atoms with E-state index in [0.29, 0.717) is 17.1 Å². The molecule has 0 aromatic carbocycles. The van der Waals surface area contributed by atoms with Gasteiger partial charge >= 0.3 is 0 Å². The van der Waals surface area contributed by atoms with Crippen molar-refractivity contribution in [2.75, 3.05) is 0 Å². The van der Waals surface area contributed by atoms with Gasteiger partial charge in [-0.15, -0.1) is 5.10 Å². The summed E-state index contributed by atoms with van der Waals surface area (Å²) >= 11 is 1.16. The van der Waals surface area contributed by atoms with Gasteiger partial charge in [0.2, 0.25) is 5.78 Å². The van der Waals surface area contributed by atoms with E-state index >= 15 is 0 Å². The van der Waals surface area contributed by atoms with Gasteiger partial charge in [0.1, 0.15) is 10.6 Å². The lowest BCUT2D eigenvalue weighted by atomic mass is 10.1. The van der Waals surface area contributed by atoms with Crippen molar-refractivity contribution in [3.63, 3.8) is 0 Å². The van der Waals surface area contributed by atoms with E-state index in [1.54, 1.807) is 16.9 Å². The van der Waals surface area contributed by atoms with E-state index < -0.39 is 0 Å². The third kappa shape index (κ3) is 2.26. The molecule has 0 unspecified atom stereocenters. The average Bonchev–Trinajstić information content (AvgIpc) is 2.96. The van der Waals surface area contributed by atoms with Crippen molar-refractivity contribution in [2.45, 2.75) is 33.2 Å². The van der Waals surface area contributed by atoms with Crippen LogP contribution in [0, 0.1) is 0 Å². The molecule has 0 radical (unpaired) electrons. The zero-order valence-electron chi connectivity index (χ0n) is 9.88. The Bertz CT molecular complexity index is 517. The maximum Gasteiger partial charge on any atom is 0.224 e. The summed E-state index contributed by atoms with van der Waals surface area (Å²) in [5.41, 5.74) is 1.40. The van der Waals surface area contributed by atoms with Crippen LogP contribution in [0.4, 0.5) is 0 Å². The molecular formula is C11H14N4OS. The highest BCUT2D eigenvalue weighted by Crippen LogP contribution is 2.17. The quantitative estimate of drug-likeness (QED) is 0.761. The summed E-state index contributed by atoms with van der Waals surface area (Å²) in [7, 11) is 0. The van der Waals surface area contributed by atoms with Crippen LogP contribution in [0.25, 0.3) is 0 Å². The summed E-state index contributed by atoms with van der Waals surface area (Å²) in [5.74, 6) is -0.0252. The van der Waals surface area contributed by atoms with Crippen molar-refractivity contribution in [2.24, 2.45) is 0 Å². The molecule has 0 saturated heterocycles. The number of rotatable bonds is 5. The summed E-state index contributed by atoms with van der Waals surface area (Å²) in [6.07, 6.45) is 3.39. The monoisotopic (exact) mass is 250 g/mol. The predicted octanol–water partition coefficient (Wildman–Crippen LogP) is 1.94. The predicted molar refractivity (Wildman–Crippen MR) is 65.2 cm³/mol. The molecule has 2 heterocycles. The van der Waals surface area contributed by atoms with Gasteiger partial charge in [-0.25, -0.2) is 0 Å². The summed E-state index contributed by atoms with van der Waals surface area (Å²) in [4.78, 5) is 13.0. The molecule has 0 atom stereocenters. The SMILES string of the molecule is CCCc1nnsc1C(=O)c1ccnn1CC. The Labute approximate surface area is 104 Å². The standard InChI is InChI=1S/C11H14N4OS/c1-3-5-8-11(17-14-13-8)10(16)9-6-7-12-15(9)4-2/h6-7H,3-5H2,1-2H3. The molecule has 17 heavy (non-hydrogen) atoms. The third-order valence-corrected chi connectivity index (χ3v) is 3.26. The summed E-state index contributed by atoms with van der Waals surface area (Å²) in [5, 5.41) is 8.11. The van der Waals surface area contributed by atoms with Gasteiger partial charge < -0.3 is 0 Å². The molecule has 0 spiro atoms. The number of carbonyl (C=O) groups excluding carboxylic acids is 1. The Morgan fingerprint density at radius 1 is 1.47 bits per heavy atom. The largest absolute Gasteiger partial charge is 0.286 e. The molecule has 5 nitrogen and oxygen atoms in total. The summed E-state index contributed by atoms with van der Waals surface area (Å²) in [6, 6.07) is 1.74. The first kappa shape index (κ1) is 11.9. The minimum Gasteiger partial charge on any atom is -0.286 e. The van der Waals surface area contributed by atoms with Gasteiger partial charge in [0.25, 0.3) is 0 Å². The molecule has 0 aliphatic heterocycles. The van der Waals surface area contributed by atoms with E-state index in [1.165, 1.54) is 0 Å². The zero-order chi connectivity index (χ0) is 12.3. The average molecular weight is 250 g/mol. The molecule has 2 rings (SSSR count). The fourth-order valence-electron chi connectivity index (χ4n) is 1.68. The minimum atomic E-state index is -0.0252. The topological polar surface area (TPSA) is 60.7 Å². The number of nitrogens with zero attached hydrogens (tertiary/aromatic N) is 4. The molecular weight excluding hydrogens is 236 g/mol. The number of hydrogen-bond acceptors (Lipinski definition) is 5. The van der Waals surface area contributed by atoms with E-state index in [4.69, 9.17) is 0 Å². The van der Waals surface area contributed by atoms with Crippen LogP contribution < -0.4 is 0 Å². The maximum atomic E-state index is 12.3. The molecule has 0 saturated carbocycles. The molecule has 0 fully saturated rings. The number of carbonyl (C=O) groups is 1. The van der Waals surface area contributed by atoms with Crippen molar-refractivity contribution in [1.29, 1.82) is 0 Å². The second kappa shape index (κ2) is 5.18. The highest BCUT2D eigenvalue weighted by molar-refractivity contribution is 7.08. The number of aromatic nitrogens is 4. The summed E-state index contributed by atoms with van der Waals surface area (Å²) < 4.78 is 5.56. The van der Waals surface area contributed by atoms with Gasteiger partial charge in [-0.3, -0.25) is 9.48 Å². The Balaban J connectivity index is 2.34. The van der Waals surface area contributed by atoms with Crippen LogP contribution in [0.1, 0.15) is 41.3 Å². The van der Waals surface area contributed by atoms with Gasteiger partial charge in [0, 0.05) is 12.7 Å². The molecule has 0 bridgehead atoms. The van der Waals surface area contributed by atoms with Crippen LogP contribution >= 0.6 is 11.5 Å². The highest BCUT2D eigenvalue weighted by Gasteiger charge is 2.20. The Kier molecular flexibility index (Phi) is 3.63. The number of hydrogen-bond donors (Lipinski definition) is 0. The fourth-order valence-corrected chi connectivity index (χ4v) is 2.33. The van der Waals surface area contributed by atoms with Crippen LogP contribution in [-0.4, -0.2) is 25.2 Å². The van der Waals surface area contributed by atoms with Crippen molar-refractivity contribution in [1.82, 2.24) is 19.4 Å². The van der Waals surface area contributed by atoms with E-state index in [9.17, 15) is 4.79 Å². The molecule has 0 N–H and O–H groups in total. The summed E-state index contributed by atoms with van der Waals surface area (Å²) in [6.45, 7) is 4.70. The zero-order valence-corrected chi connectivity index (χ0v) is 10.7. The smallest absolute Gasteiger partial charge is 0.224 e. The van der Waals surface area contributed by atoms with Crippen molar-refractivity contribution in [3.8, 4) is 0 Å². The molecule has 90 valence electrons. The normalized spacial score (nSPS) is 10.7. The van der Waals surface area contributed by atoms with Gasteiger partial charge in [0.15, 0.2) is 0 Å². The van der Waals surface area contributed by atoms with Crippen molar-refractivity contribution >= 4 is 17.3 Å². The van der Waals surface area contributed by atoms with Crippen LogP contribution in [-0.2, 0) is 13.0 Å². The highest BCUT2D eigenvalue weighted by atomic mass is 32.1. The van der Waals surface area contributed by atoms with Gasteiger partial charge in [-0.2, -0.15) is 5.10 Å². The Morgan fingerprint density at radius 3 is 3.00 bits per heavy atom. The molecule has 2 aromatic heterocycles. The third-order valence-electron chi connectivity index (χ3n) is 2.50. The molecule has 0 aliphatic carbocycles. The van der Waals surface area contributed by atoms with Crippen molar-refractivity contribution < 1.29 is 4.79 Å². The number of aryl methyl sites for hydroxylation is 2. The first-order valence-corrected chi connectivity index (χ1v) is 6.43. The van der Waals surface area contributed by atoms with Crippen LogP contribution in [0.2, 0.25) is 0 Å². The first-order chi connectivity index (χ1) is 8.27. The molecule has 2 aromatic rings. The van der Waals surface area contributed by atoms with Gasteiger partial charge in [-0.05, 0) is 30.9 Å². The van der Waals surface area contributed by atoms with E-state index in [1.807, 2.05) is 6.92 Å². The molecule has 6 heteroatoms. The van der Waals surface area contributed by atoms with Crippen LogP contribution in [0.15, 0.2) is 12.3 Å². The van der Waals surface area contributed by atoms with Crippen LogP contribution in [0.5, 0.6) is 0 Å². The lowest BCUT2D eigenvalue weighted by Gasteiger charge is -2.02. The Hall–Kier alpha value is -1.56. The maximum absolute atomic E-state index is 12.3. The van der Waals surface area contributed by atoms with Crippen molar-refractivity contribution in [3.05, 3.63) is 28.5 Å². The fraction of sp³-hybridized carbons (Fsp3) is 0.455. The lowest BCUT2D eigenvalue weighted by Crippen LogP contribution is -2.11. The second-order valence-electron chi connectivity index (χ2n) is 3.66. The second-order valence-corrected chi connectivity index (χ2v) is 4.41. The molecule has 0 amide bonds. The first-order valence-electron chi connectivity index (χ1n) is 5.65. The van der Waals surface area contributed by atoms with E-state index in [2.05, 4.69) is 21.6 Å². The Morgan fingerprint density at radius 2 is 2.29 bits per heavy atom. The van der Waals surface area contributed by atoms with Crippen LogP contribution in [0.3, 0.4) is 0 Å².